The molecule has 0 aromatic carbocycles. The van der Waals surface area contributed by atoms with Crippen molar-refractivity contribution in [1.29, 1.82) is 0 Å². The van der Waals surface area contributed by atoms with Crippen LogP contribution in [0.1, 0.15) is 12.8 Å². The van der Waals surface area contributed by atoms with Crippen LogP contribution in [0.2, 0.25) is 0 Å². The van der Waals surface area contributed by atoms with Crippen LogP contribution in [-0.4, -0.2) is 49.6 Å². The minimum absolute atomic E-state index is 0.154. The molecule has 4 unspecified atom stereocenters. The van der Waals surface area contributed by atoms with Crippen LogP contribution in [0, 0.1) is 0 Å². The summed E-state index contributed by atoms with van der Waals surface area (Å²) in [5.74, 6) is 0. The zero-order valence-electron chi connectivity index (χ0n) is 9.57. The quantitative estimate of drug-likeness (QED) is 0.537. The predicted octanol–water partition coefficient (Wildman–Crippen LogP) is 0.590. The lowest BCUT2D eigenvalue weighted by Crippen LogP contribution is -2.33. The fraction of sp³-hybridized carbons (Fsp3) is 0.727. The molecular weight excluding hydrogens is 228 g/mol. The first kappa shape index (κ1) is 12.3. The van der Waals surface area contributed by atoms with E-state index in [1.165, 1.54) is 7.11 Å². The van der Waals surface area contributed by atoms with E-state index in [9.17, 15) is 9.90 Å². The zero-order chi connectivity index (χ0) is 12.3. The van der Waals surface area contributed by atoms with Gasteiger partial charge >= 0.3 is 6.16 Å². The number of ether oxygens (including phenoxy) is 4. The number of hydrogen-bond donors (Lipinski definition) is 1. The number of rotatable bonds is 1. The van der Waals surface area contributed by atoms with Gasteiger partial charge in [-0.3, -0.25) is 0 Å². The Hall–Kier alpha value is -1.11. The Morgan fingerprint density at radius 3 is 2.71 bits per heavy atom. The van der Waals surface area contributed by atoms with Gasteiger partial charge < -0.3 is 24.1 Å². The molecule has 1 heterocycles. The molecule has 0 bridgehead atoms. The van der Waals surface area contributed by atoms with E-state index in [1.807, 2.05) is 0 Å². The molecule has 0 aromatic heterocycles. The van der Waals surface area contributed by atoms with Crippen LogP contribution in [0.4, 0.5) is 4.79 Å². The summed E-state index contributed by atoms with van der Waals surface area (Å²) in [7, 11) is 1.25. The van der Waals surface area contributed by atoms with Crippen molar-refractivity contribution in [1.82, 2.24) is 0 Å². The molecule has 96 valence electrons. The summed E-state index contributed by atoms with van der Waals surface area (Å²) >= 11 is 0. The van der Waals surface area contributed by atoms with Gasteiger partial charge in [0.15, 0.2) is 0 Å². The van der Waals surface area contributed by atoms with Crippen LogP contribution in [0.25, 0.3) is 0 Å². The first-order valence-corrected chi connectivity index (χ1v) is 5.53. The molecule has 0 spiro atoms. The zero-order valence-corrected chi connectivity index (χ0v) is 9.57. The molecule has 6 nitrogen and oxygen atoms in total. The minimum Gasteiger partial charge on any atom is -0.438 e. The average molecular weight is 244 g/mol. The van der Waals surface area contributed by atoms with Gasteiger partial charge in [-0.05, 0) is 6.08 Å². The predicted molar refractivity (Wildman–Crippen MR) is 56.3 cm³/mol. The van der Waals surface area contributed by atoms with Crippen molar-refractivity contribution in [3.8, 4) is 0 Å². The van der Waals surface area contributed by atoms with Crippen molar-refractivity contribution < 1.29 is 28.8 Å². The van der Waals surface area contributed by atoms with Crippen molar-refractivity contribution in [2.75, 3.05) is 13.9 Å². The first-order chi connectivity index (χ1) is 8.19. The third-order valence-corrected chi connectivity index (χ3v) is 2.88. The second kappa shape index (κ2) is 5.48. The van der Waals surface area contributed by atoms with Crippen molar-refractivity contribution in [2.24, 2.45) is 0 Å². The summed E-state index contributed by atoms with van der Waals surface area (Å²) in [6.07, 6.45) is 2.10. The number of hydrogen-bond acceptors (Lipinski definition) is 6. The van der Waals surface area contributed by atoms with Gasteiger partial charge in [-0.25, -0.2) is 4.79 Å². The molecule has 1 N–H and O–H groups in total. The highest BCUT2D eigenvalue weighted by Gasteiger charge is 2.34. The fourth-order valence-electron chi connectivity index (χ4n) is 2.00. The maximum atomic E-state index is 11.0. The molecule has 0 amide bonds. The Morgan fingerprint density at radius 1 is 1.29 bits per heavy atom. The van der Waals surface area contributed by atoms with Gasteiger partial charge in [0, 0.05) is 12.8 Å². The molecule has 2 aliphatic rings. The third kappa shape index (κ3) is 3.18. The maximum absolute atomic E-state index is 11.0. The summed E-state index contributed by atoms with van der Waals surface area (Å²) in [4.78, 5) is 11.0. The standard InChI is InChI=1S/C11H16O6/c1-14-11(13)17-8-3-2-7(12)4-9-10(5-8)16-6-15-9/h2-3,7-10,12H,4-6H2,1H3. The summed E-state index contributed by atoms with van der Waals surface area (Å²) in [5.41, 5.74) is 0. The molecule has 1 aliphatic heterocycles. The van der Waals surface area contributed by atoms with Crippen LogP contribution < -0.4 is 0 Å². The van der Waals surface area contributed by atoms with Gasteiger partial charge in [-0.15, -0.1) is 0 Å². The van der Waals surface area contributed by atoms with Gasteiger partial charge in [0.1, 0.15) is 12.9 Å². The monoisotopic (exact) mass is 244 g/mol. The van der Waals surface area contributed by atoms with Crippen molar-refractivity contribution in [3.63, 3.8) is 0 Å². The number of methoxy groups -OCH3 is 1. The van der Waals surface area contributed by atoms with Gasteiger partial charge in [-0.2, -0.15) is 0 Å². The van der Waals surface area contributed by atoms with E-state index in [2.05, 4.69) is 4.74 Å². The van der Waals surface area contributed by atoms with E-state index < -0.39 is 18.4 Å². The highest BCUT2D eigenvalue weighted by molar-refractivity contribution is 5.60. The van der Waals surface area contributed by atoms with E-state index in [1.54, 1.807) is 12.2 Å². The lowest BCUT2D eigenvalue weighted by atomic mass is 9.97. The van der Waals surface area contributed by atoms with Crippen molar-refractivity contribution in [3.05, 3.63) is 12.2 Å². The third-order valence-electron chi connectivity index (χ3n) is 2.88. The molecule has 17 heavy (non-hydrogen) atoms. The SMILES string of the molecule is COC(=O)OC1C=CC(O)CC2OCOC2C1. The molecule has 0 radical (unpaired) electrons. The Labute approximate surface area is 99.1 Å². The van der Waals surface area contributed by atoms with E-state index >= 15 is 0 Å². The summed E-state index contributed by atoms with van der Waals surface area (Å²) in [6.45, 7) is 0.215. The van der Waals surface area contributed by atoms with E-state index in [0.717, 1.165) is 0 Å². The molecule has 1 saturated heterocycles. The van der Waals surface area contributed by atoms with Crippen LogP contribution in [-0.2, 0) is 18.9 Å². The van der Waals surface area contributed by atoms with Gasteiger partial charge in [0.05, 0.1) is 25.4 Å². The lowest BCUT2D eigenvalue weighted by Gasteiger charge is -2.24. The minimum atomic E-state index is -0.745. The van der Waals surface area contributed by atoms with Crippen molar-refractivity contribution in [2.45, 2.75) is 37.3 Å². The smallest absolute Gasteiger partial charge is 0.438 e. The van der Waals surface area contributed by atoms with Gasteiger partial charge in [-0.1, -0.05) is 6.08 Å². The lowest BCUT2D eigenvalue weighted by molar-refractivity contribution is 0.0143. The molecule has 4 atom stereocenters. The number of carbonyl (C=O) groups excluding carboxylic acids is 1. The molecule has 0 aromatic rings. The number of aliphatic hydroxyl groups excluding tert-OH is 1. The van der Waals surface area contributed by atoms with Gasteiger partial charge in [0.2, 0.25) is 0 Å². The van der Waals surface area contributed by atoms with E-state index in [0.29, 0.717) is 12.8 Å². The Kier molecular flexibility index (Phi) is 3.98. The van der Waals surface area contributed by atoms with Crippen LogP contribution in [0.3, 0.4) is 0 Å². The molecule has 6 heteroatoms. The van der Waals surface area contributed by atoms with Crippen LogP contribution in [0.15, 0.2) is 12.2 Å². The molecule has 2 rings (SSSR count). The molecule has 1 fully saturated rings. The second-order valence-electron chi connectivity index (χ2n) is 4.06. The Bertz CT molecular complexity index is 302. The normalized spacial score (nSPS) is 36.8. The highest BCUT2D eigenvalue weighted by Crippen LogP contribution is 2.25. The maximum Gasteiger partial charge on any atom is 0.508 e. The highest BCUT2D eigenvalue weighted by atomic mass is 16.7. The van der Waals surface area contributed by atoms with E-state index in [4.69, 9.17) is 14.2 Å². The van der Waals surface area contributed by atoms with Gasteiger partial charge in [0.25, 0.3) is 0 Å². The van der Waals surface area contributed by atoms with Crippen LogP contribution >= 0.6 is 0 Å². The van der Waals surface area contributed by atoms with Crippen molar-refractivity contribution >= 4 is 6.16 Å². The Morgan fingerprint density at radius 2 is 2.00 bits per heavy atom. The molecular formula is C11H16O6. The Balaban J connectivity index is 2.02. The number of carbonyl (C=O) groups is 1. The summed E-state index contributed by atoms with van der Waals surface area (Å²) in [5, 5.41) is 9.68. The average Bonchev–Trinajstić information content (AvgIpc) is 2.70. The fourth-order valence-corrected chi connectivity index (χ4v) is 2.00. The molecule has 1 aliphatic carbocycles. The topological polar surface area (TPSA) is 74.2 Å². The number of fused-ring (bicyclic) bond motifs is 1. The summed E-state index contributed by atoms with van der Waals surface area (Å²) < 4.78 is 20.2. The number of aliphatic hydroxyl groups is 1. The van der Waals surface area contributed by atoms with E-state index in [-0.39, 0.29) is 19.0 Å². The largest absolute Gasteiger partial charge is 0.508 e. The van der Waals surface area contributed by atoms with Crippen LogP contribution in [0.5, 0.6) is 0 Å². The summed E-state index contributed by atoms with van der Waals surface area (Å²) in [6, 6.07) is 0. The molecule has 0 saturated carbocycles. The first-order valence-electron chi connectivity index (χ1n) is 5.53. The second-order valence-corrected chi connectivity index (χ2v) is 4.06.